The number of carbonyl (C=O) groups is 1. The summed E-state index contributed by atoms with van der Waals surface area (Å²) in [5, 5.41) is 7.36. The average Bonchev–Trinajstić information content (AvgIpc) is 2.97. The fourth-order valence-electron chi connectivity index (χ4n) is 2.83. The Morgan fingerprint density at radius 2 is 1.96 bits per heavy atom. The monoisotopic (exact) mass is 365 g/mol. The fraction of sp³-hybridized carbons (Fsp3) is 0.158. The number of amides is 1. The molecule has 0 aliphatic heterocycles. The van der Waals surface area contributed by atoms with Gasteiger partial charge in [-0.15, -0.1) is 5.10 Å². The number of hydrogen-bond donors (Lipinski definition) is 1. The van der Waals surface area contributed by atoms with Crippen LogP contribution in [0.2, 0.25) is 0 Å². The summed E-state index contributed by atoms with van der Waals surface area (Å²) in [7, 11) is 0. The van der Waals surface area contributed by atoms with Crippen LogP contribution in [0.4, 0.5) is 4.39 Å². The second-order valence-corrected chi connectivity index (χ2v) is 6.30. The molecule has 27 heavy (non-hydrogen) atoms. The van der Waals surface area contributed by atoms with E-state index in [-0.39, 0.29) is 18.1 Å². The van der Waals surface area contributed by atoms with Gasteiger partial charge in [0.15, 0.2) is 5.65 Å². The fourth-order valence-corrected chi connectivity index (χ4v) is 2.83. The van der Waals surface area contributed by atoms with Gasteiger partial charge in [-0.25, -0.2) is 23.3 Å². The minimum atomic E-state index is -0.505. The Hall–Kier alpha value is -3.55. The summed E-state index contributed by atoms with van der Waals surface area (Å²) in [6.45, 7) is 2.11. The minimum Gasteiger partial charge on any atom is -0.350 e. The molecule has 0 atom stereocenters. The third-order valence-corrected chi connectivity index (χ3v) is 4.29. The third-order valence-electron chi connectivity index (χ3n) is 4.29. The topological polar surface area (TPSA) is 81.3 Å². The Balaban J connectivity index is 1.58. The molecule has 0 unspecified atom stereocenters. The highest BCUT2D eigenvalue weighted by atomic mass is 19.1. The first-order chi connectivity index (χ1) is 13.0. The highest BCUT2D eigenvalue weighted by Gasteiger charge is 2.14. The van der Waals surface area contributed by atoms with Gasteiger partial charge in [0.1, 0.15) is 18.7 Å². The molecule has 4 aromatic rings. The molecular weight excluding hydrogens is 349 g/mol. The maximum Gasteiger partial charge on any atom is 0.352 e. The zero-order chi connectivity index (χ0) is 19.0. The van der Waals surface area contributed by atoms with Crippen molar-refractivity contribution in [3.63, 3.8) is 0 Å². The Labute approximate surface area is 153 Å². The highest BCUT2D eigenvalue weighted by Crippen LogP contribution is 2.16. The van der Waals surface area contributed by atoms with Crippen LogP contribution in [0.5, 0.6) is 0 Å². The maximum absolute atomic E-state index is 13.6. The van der Waals surface area contributed by atoms with Crippen molar-refractivity contribution in [1.29, 1.82) is 0 Å². The number of benzene rings is 2. The van der Waals surface area contributed by atoms with Crippen LogP contribution in [-0.4, -0.2) is 25.1 Å². The van der Waals surface area contributed by atoms with Gasteiger partial charge < -0.3 is 5.32 Å². The van der Waals surface area contributed by atoms with Gasteiger partial charge in [0.2, 0.25) is 5.91 Å². The molecular formula is C19H16FN5O2. The standard InChI is InChI=1S/C19H16FN5O2/c1-12-2-4-13(5-3-12)9-21-17(26)10-25-19(27)24-11-22-16-7-6-14(20)8-15(16)18(24)23-25/h2-8,11H,9-10H2,1H3,(H,21,26). The Morgan fingerprint density at radius 3 is 2.74 bits per heavy atom. The first-order valence-electron chi connectivity index (χ1n) is 8.37. The zero-order valence-electron chi connectivity index (χ0n) is 14.5. The number of aromatic nitrogens is 4. The number of fused-ring (bicyclic) bond motifs is 3. The van der Waals surface area contributed by atoms with Crippen LogP contribution >= 0.6 is 0 Å². The summed E-state index contributed by atoms with van der Waals surface area (Å²) in [6, 6.07) is 11.9. The summed E-state index contributed by atoms with van der Waals surface area (Å²) in [6.07, 6.45) is 1.33. The smallest absolute Gasteiger partial charge is 0.350 e. The maximum atomic E-state index is 13.6. The first kappa shape index (κ1) is 16.9. The molecule has 0 radical (unpaired) electrons. The van der Waals surface area contributed by atoms with Gasteiger partial charge in [0.05, 0.1) is 5.52 Å². The van der Waals surface area contributed by atoms with Gasteiger partial charge in [-0.05, 0) is 30.7 Å². The van der Waals surface area contributed by atoms with E-state index in [2.05, 4.69) is 15.4 Å². The second kappa shape index (κ2) is 6.64. The average molecular weight is 365 g/mol. The molecule has 1 amide bonds. The van der Waals surface area contributed by atoms with Crippen molar-refractivity contribution in [1.82, 2.24) is 24.5 Å². The summed E-state index contributed by atoms with van der Waals surface area (Å²) in [4.78, 5) is 28.8. The van der Waals surface area contributed by atoms with Crippen molar-refractivity contribution in [3.8, 4) is 0 Å². The molecule has 0 saturated heterocycles. The molecule has 0 saturated carbocycles. The number of rotatable bonds is 4. The van der Waals surface area contributed by atoms with Crippen LogP contribution in [0.3, 0.4) is 0 Å². The van der Waals surface area contributed by atoms with Crippen molar-refractivity contribution in [2.45, 2.75) is 20.0 Å². The molecule has 0 aliphatic rings. The summed E-state index contributed by atoms with van der Waals surface area (Å²) >= 11 is 0. The first-order valence-corrected chi connectivity index (χ1v) is 8.37. The number of aryl methyl sites for hydroxylation is 1. The highest BCUT2D eigenvalue weighted by molar-refractivity contribution is 5.90. The number of nitrogens with zero attached hydrogens (tertiary/aromatic N) is 4. The quantitative estimate of drug-likeness (QED) is 0.598. The molecule has 2 heterocycles. The van der Waals surface area contributed by atoms with Crippen molar-refractivity contribution in [3.05, 3.63) is 76.2 Å². The summed E-state index contributed by atoms with van der Waals surface area (Å²) in [5.41, 5.74) is 2.37. The SMILES string of the molecule is Cc1ccc(CNC(=O)Cn2nc3c4cc(F)ccc4ncn3c2=O)cc1. The van der Waals surface area contributed by atoms with Crippen molar-refractivity contribution in [2.75, 3.05) is 0 Å². The Kier molecular flexibility index (Phi) is 4.15. The van der Waals surface area contributed by atoms with Crippen molar-refractivity contribution in [2.24, 2.45) is 0 Å². The Morgan fingerprint density at radius 1 is 1.19 bits per heavy atom. The van der Waals surface area contributed by atoms with E-state index in [9.17, 15) is 14.0 Å². The zero-order valence-corrected chi connectivity index (χ0v) is 14.5. The van der Waals surface area contributed by atoms with E-state index in [0.29, 0.717) is 17.4 Å². The van der Waals surface area contributed by atoms with Crippen LogP contribution in [0.25, 0.3) is 16.6 Å². The second-order valence-electron chi connectivity index (χ2n) is 6.30. The van der Waals surface area contributed by atoms with Crippen LogP contribution in [0.15, 0.2) is 53.6 Å². The van der Waals surface area contributed by atoms with E-state index in [1.807, 2.05) is 31.2 Å². The van der Waals surface area contributed by atoms with Gasteiger partial charge in [0, 0.05) is 11.9 Å². The molecule has 0 aliphatic carbocycles. The van der Waals surface area contributed by atoms with E-state index in [1.165, 1.54) is 28.9 Å². The van der Waals surface area contributed by atoms with Crippen LogP contribution < -0.4 is 11.0 Å². The van der Waals surface area contributed by atoms with E-state index in [1.54, 1.807) is 0 Å². The van der Waals surface area contributed by atoms with Gasteiger partial charge in [0.25, 0.3) is 0 Å². The molecule has 4 rings (SSSR count). The Bertz CT molecular complexity index is 1210. The molecule has 2 aromatic carbocycles. The van der Waals surface area contributed by atoms with Crippen LogP contribution in [0, 0.1) is 12.7 Å². The normalized spacial score (nSPS) is 11.2. The molecule has 0 fully saturated rings. The van der Waals surface area contributed by atoms with Crippen LogP contribution in [0.1, 0.15) is 11.1 Å². The van der Waals surface area contributed by atoms with Gasteiger partial charge in [-0.2, -0.15) is 0 Å². The van der Waals surface area contributed by atoms with Crippen LogP contribution in [-0.2, 0) is 17.9 Å². The largest absolute Gasteiger partial charge is 0.352 e. The number of nitrogens with one attached hydrogen (secondary N) is 1. The molecule has 0 bridgehead atoms. The van der Waals surface area contributed by atoms with Crippen molar-refractivity contribution >= 4 is 22.5 Å². The molecule has 1 N–H and O–H groups in total. The molecule has 7 nitrogen and oxygen atoms in total. The van der Waals surface area contributed by atoms with Gasteiger partial charge >= 0.3 is 5.69 Å². The van der Waals surface area contributed by atoms with Gasteiger partial charge in [-0.3, -0.25) is 4.79 Å². The van der Waals surface area contributed by atoms with Crippen molar-refractivity contribution < 1.29 is 9.18 Å². The van der Waals surface area contributed by atoms with Gasteiger partial charge in [-0.1, -0.05) is 29.8 Å². The minimum absolute atomic E-state index is 0.233. The number of halogens is 1. The molecule has 136 valence electrons. The molecule has 0 spiro atoms. The lowest BCUT2D eigenvalue weighted by molar-refractivity contribution is -0.122. The van der Waals surface area contributed by atoms with E-state index in [0.717, 1.165) is 15.8 Å². The molecule has 2 aromatic heterocycles. The van der Waals surface area contributed by atoms with E-state index >= 15 is 0 Å². The molecule has 8 heteroatoms. The summed E-state index contributed by atoms with van der Waals surface area (Å²) in [5.74, 6) is -0.792. The number of hydrogen-bond acceptors (Lipinski definition) is 4. The number of carbonyl (C=O) groups excluding carboxylic acids is 1. The lowest BCUT2D eigenvalue weighted by Crippen LogP contribution is -2.32. The predicted molar refractivity (Wildman–Crippen MR) is 97.7 cm³/mol. The predicted octanol–water partition coefficient (Wildman–Crippen LogP) is 1.81. The van der Waals surface area contributed by atoms with E-state index < -0.39 is 11.5 Å². The third kappa shape index (κ3) is 3.29. The lowest BCUT2D eigenvalue weighted by atomic mass is 10.1. The lowest BCUT2D eigenvalue weighted by Gasteiger charge is -2.05. The summed E-state index contributed by atoms with van der Waals surface area (Å²) < 4.78 is 15.8. The van der Waals surface area contributed by atoms with E-state index in [4.69, 9.17) is 0 Å².